The molecule has 30 heteroatoms. The molecule has 6 heterocycles. The molecule has 6 aromatic heterocycles. The van der Waals surface area contributed by atoms with E-state index >= 15 is 0 Å². The summed E-state index contributed by atoms with van der Waals surface area (Å²) in [4.78, 5) is 33.5. The molecule has 0 aliphatic heterocycles. The lowest BCUT2D eigenvalue weighted by Gasteiger charge is -2.09. The third-order valence-corrected chi connectivity index (χ3v) is 12.6. The van der Waals surface area contributed by atoms with Crippen molar-refractivity contribution < 1.29 is 62.2 Å². The Morgan fingerprint density at radius 1 is 0.785 bits per heavy atom. The number of aryl methyl sites for hydroxylation is 4. The second-order valence-electron chi connectivity index (χ2n) is 14.0. The van der Waals surface area contributed by atoms with Crippen LogP contribution in [-0.2, 0) is 40.1 Å². The molecule has 0 bridgehead atoms. The standard InChI is InChI=1S/C35H30Cl2F6N12O8S2/c1-18-24(64(58,59)50-32(56)19-3-5-26(44-30(19)36)54-12-8-28(48-54)62-14-10-34(38,39)40)17-53(46-18)11-7-22-25(16-52(2)47-22)65(60,61)51-33(57)20-4-6-27(45-31(20)37)55-13-9-29(49-55)63-23-15-21(23)35(41,42)43/h3-6,8-9,12-13,16-17,21,23H,7,10-11,14-15H2,1-2H3,(H,50,56)(H,51,57)/t21-,23+/m1/s1. The SMILES string of the molecule is Cc1nn(CCc2nn(C)cc2S(=O)(=O)NC(=O)c2ccc(-n3ccc(O[C@H]4C[C@H]4C(F)(F)F)n3)nc2Cl)cc1S(=O)(=O)NC(=O)c1ccc(-n2ccc(OCCC(F)(F)F)n2)nc1Cl. The molecule has 65 heavy (non-hydrogen) atoms. The number of hydrogen-bond donors (Lipinski definition) is 2. The Balaban J connectivity index is 0.964. The summed E-state index contributed by atoms with van der Waals surface area (Å²) in [6, 6.07) is 7.40. The van der Waals surface area contributed by atoms with Crippen LogP contribution in [0.15, 0.2) is 71.0 Å². The minimum absolute atomic E-state index is 0.0247. The first-order valence-corrected chi connectivity index (χ1v) is 22.2. The second-order valence-corrected chi connectivity index (χ2v) is 18.1. The molecule has 2 amide bonds. The van der Waals surface area contributed by atoms with E-state index < -0.39 is 89.4 Å². The number of halogens is 8. The fraction of sp³-hybridized carbons (Fsp3) is 0.314. The van der Waals surface area contributed by atoms with Crippen LogP contribution < -0.4 is 18.9 Å². The van der Waals surface area contributed by atoms with Crippen molar-refractivity contribution in [3.05, 3.63) is 94.0 Å². The van der Waals surface area contributed by atoms with Gasteiger partial charge in [-0.2, -0.15) is 36.5 Å². The van der Waals surface area contributed by atoms with Crippen molar-refractivity contribution >= 4 is 55.1 Å². The summed E-state index contributed by atoms with van der Waals surface area (Å²) in [7, 11) is -7.81. The molecule has 1 saturated carbocycles. The van der Waals surface area contributed by atoms with E-state index in [4.69, 9.17) is 32.7 Å². The molecule has 0 radical (unpaired) electrons. The lowest BCUT2D eigenvalue weighted by molar-refractivity contribution is -0.153. The van der Waals surface area contributed by atoms with Gasteiger partial charge in [0.05, 0.1) is 41.5 Å². The number of aromatic nitrogens is 10. The normalized spacial score (nSPS) is 15.5. The molecule has 6 aromatic rings. The highest BCUT2D eigenvalue weighted by atomic mass is 35.5. The quantitative estimate of drug-likeness (QED) is 0.100. The fourth-order valence-corrected chi connectivity index (χ4v) is 8.83. The fourth-order valence-electron chi connectivity index (χ4n) is 6.00. The number of carbonyl (C=O) groups excluding carboxylic acids is 2. The average molecular weight is 996 g/mol. The monoisotopic (exact) mass is 994 g/mol. The van der Waals surface area contributed by atoms with Crippen molar-refractivity contribution in [3.8, 4) is 23.4 Å². The Hall–Kier alpha value is -6.26. The molecule has 1 aliphatic rings. The summed E-state index contributed by atoms with van der Waals surface area (Å²) in [5, 5.41) is 15.4. The Bertz CT molecular complexity index is 3030. The number of pyridine rings is 2. The van der Waals surface area contributed by atoms with E-state index in [0.717, 1.165) is 33.9 Å². The Kier molecular flexibility index (Phi) is 12.7. The van der Waals surface area contributed by atoms with Gasteiger partial charge in [-0.15, -0.1) is 10.2 Å². The predicted octanol–water partition coefficient (Wildman–Crippen LogP) is 4.53. The van der Waals surface area contributed by atoms with Gasteiger partial charge < -0.3 is 9.47 Å². The summed E-state index contributed by atoms with van der Waals surface area (Å²) in [6.07, 6.45) is -6.59. The minimum Gasteiger partial charge on any atom is -0.476 e. The Labute approximate surface area is 372 Å². The molecule has 0 aromatic carbocycles. The number of ether oxygens (including phenoxy) is 2. The van der Waals surface area contributed by atoms with Crippen LogP contribution in [-0.4, -0.2) is 103 Å². The van der Waals surface area contributed by atoms with Crippen LogP contribution in [0.4, 0.5) is 26.3 Å². The molecule has 2 atom stereocenters. The van der Waals surface area contributed by atoms with Crippen molar-refractivity contribution in [3.63, 3.8) is 0 Å². The van der Waals surface area contributed by atoms with Crippen LogP contribution in [0.1, 0.15) is 44.9 Å². The molecule has 346 valence electrons. The van der Waals surface area contributed by atoms with Gasteiger partial charge in [-0.25, -0.2) is 45.6 Å². The maximum Gasteiger partial charge on any atom is 0.395 e. The van der Waals surface area contributed by atoms with Crippen LogP contribution in [0.5, 0.6) is 11.8 Å². The molecule has 0 saturated heterocycles. The predicted molar refractivity (Wildman–Crippen MR) is 211 cm³/mol. The van der Waals surface area contributed by atoms with E-state index in [1.165, 1.54) is 60.0 Å². The number of nitrogens with one attached hydrogen (secondary N) is 2. The smallest absolute Gasteiger partial charge is 0.395 e. The van der Waals surface area contributed by atoms with Gasteiger partial charge in [-0.05, 0) is 37.6 Å². The minimum atomic E-state index is -4.63. The lowest BCUT2D eigenvalue weighted by Crippen LogP contribution is -2.31. The highest BCUT2D eigenvalue weighted by molar-refractivity contribution is 7.90. The molecule has 20 nitrogen and oxygen atoms in total. The van der Waals surface area contributed by atoms with Crippen molar-refractivity contribution in [1.82, 2.24) is 58.5 Å². The van der Waals surface area contributed by atoms with Gasteiger partial charge in [0.25, 0.3) is 31.9 Å². The number of hydrogen-bond acceptors (Lipinski definition) is 14. The second kappa shape index (κ2) is 17.6. The molecule has 7 rings (SSSR count). The maximum atomic E-state index is 13.5. The van der Waals surface area contributed by atoms with Gasteiger partial charge in [0.2, 0.25) is 11.8 Å². The van der Waals surface area contributed by atoms with Crippen LogP contribution in [0.3, 0.4) is 0 Å². The van der Waals surface area contributed by atoms with Gasteiger partial charge >= 0.3 is 12.4 Å². The summed E-state index contributed by atoms with van der Waals surface area (Å²) in [5.74, 6) is -4.12. The summed E-state index contributed by atoms with van der Waals surface area (Å²) < 4.78 is 148. The highest BCUT2D eigenvalue weighted by Gasteiger charge is 2.58. The van der Waals surface area contributed by atoms with Crippen LogP contribution in [0.25, 0.3) is 11.6 Å². The van der Waals surface area contributed by atoms with Gasteiger partial charge in [0.1, 0.15) is 26.2 Å². The van der Waals surface area contributed by atoms with Gasteiger partial charge in [0.15, 0.2) is 11.6 Å². The molecular weight excluding hydrogens is 965 g/mol. The van der Waals surface area contributed by atoms with Crippen LogP contribution in [0, 0.1) is 12.8 Å². The largest absolute Gasteiger partial charge is 0.476 e. The van der Waals surface area contributed by atoms with Crippen molar-refractivity contribution in [1.29, 1.82) is 0 Å². The van der Waals surface area contributed by atoms with Gasteiger partial charge in [-0.1, -0.05) is 23.2 Å². The van der Waals surface area contributed by atoms with Crippen molar-refractivity contribution in [2.45, 2.75) is 61.0 Å². The topological polar surface area (TPSA) is 242 Å². The first kappa shape index (κ1) is 46.7. The third-order valence-electron chi connectivity index (χ3n) is 9.20. The zero-order valence-corrected chi connectivity index (χ0v) is 36.2. The summed E-state index contributed by atoms with van der Waals surface area (Å²) >= 11 is 12.4. The third kappa shape index (κ3) is 11.0. The van der Waals surface area contributed by atoms with Gasteiger partial charge in [0, 0.05) is 56.9 Å². The van der Waals surface area contributed by atoms with Crippen LogP contribution >= 0.6 is 23.2 Å². The van der Waals surface area contributed by atoms with E-state index in [2.05, 4.69) is 30.4 Å². The van der Waals surface area contributed by atoms with Crippen molar-refractivity contribution in [2.24, 2.45) is 13.0 Å². The molecule has 0 unspecified atom stereocenters. The lowest BCUT2D eigenvalue weighted by atomic mass is 10.3. The maximum absolute atomic E-state index is 13.5. The van der Waals surface area contributed by atoms with E-state index in [-0.39, 0.29) is 65.3 Å². The molecule has 1 fully saturated rings. The average Bonchev–Trinajstić information content (AvgIpc) is 3.59. The zero-order valence-electron chi connectivity index (χ0n) is 33.0. The molecule has 1 aliphatic carbocycles. The molecule has 0 spiro atoms. The first-order chi connectivity index (χ1) is 30.4. The van der Waals surface area contributed by atoms with Gasteiger partial charge in [-0.3, -0.25) is 19.0 Å². The Morgan fingerprint density at radius 2 is 1.34 bits per heavy atom. The highest BCUT2D eigenvalue weighted by Crippen LogP contribution is 2.46. The van der Waals surface area contributed by atoms with E-state index in [9.17, 15) is 52.8 Å². The Morgan fingerprint density at radius 3 is 1.88 bits per heavy atom. The number of nitrogens with zero attached hydrogens (tertiary/aromatic N) is 10. The first-order valence-electron chi connectivity index (χ1n) is 18.5. The number of amides is 2. The molecule has 2 N–H and O–H groups in total. The van der Waals surface area contributed by atoms with Crippen molar-refractivity contribution in [2.75, 3.05) is 6.61 Å². The number of alkyl halides is 6. The number of carbonyl (C=O) groups is 2. The molecular formula is C35H30Cl2F6N12O8S2. The zero-order chi connectivity index (χ0) is 47.2. The van der Waals surface area contributed by atoms with E-state index in [1.54, 1.807) is 0 Å². The summed E-state index contributed by atoms with van der Waals surface area (Å²) in [6.45, 7) is 0.528. The van der Waals surface area contributed by atoms with E-state index in [1.807, 2.05) is 9.44 Å². The van der Waals surface area contributed by atoms with Crippen LogP contribution in [0.2, 0.25) is 10.3 Å². The number of sulfonamides is 2. The summed E-state index contributed by atoms with van der Waals surface area (Å²) in [5.41, 5.74) is -0.812. The van der Waals surface area contributed by atoms with E-state index in [0.29, 0.717) is 0 Å². The number of rotatable bonds is 16.